The van der Waals surface area contributed by atoms with Gasteiger partial charge in [-0.15, -0.1) is 0 Å². The molecule has 0 spiro atoms. The summed E-state index contributed by atoms with van der Waals surface area (Å²) >= 11 is 0. The van der Waals surface area contributed by atoms with Crippen LogP contribution in [0, 0.1) is 5.92 Å². The van der Waals surface area contributed by atoms with Crippen LogP contribution in [0.15, 0.2) is 0 Å². The van der Waals surface area contributed by atoms with Crippen LogP contribution in [0.2, 0.25) is 0 Å². The Morgan fingerprint density at radius 3 is 2.71 bits per heavy atom. The highest BCUT2D eigenvalue weighted by atomic mass is 16.4. The molecule has 1 aliphatic carbocycles. The van der Waals surface area contributed by atoms with E-state index in [0.717, 1.165) is 19.4 Å². The first-order valence-corrected chi connectivity index (χ1v) is 6.39. The minimum atomic E-state index is -0.988. The van der Waals surface area contributed by atoms with Gasteiger partial charge in [-0.05, 0) is 38.5 Å². The van der Waals surface area contributed by atoms with Crippen molar-refractivity contribution in [2.24, 2.45) is 5.92 Å². The van der Waals surface area contributed by atoms with E-state index in [9.17, 15) is 9.59 Å². The maximum absolute atomic E-state index is 12.0. The first kappa shape index (κ1) is 12.2. The Hall–Kier alpha value is -1.26. The Morgan fingerprint density at radius 1 is 1.29 bits per heavy atom. The van der Waals surface area contributed by atoms with E-state index in [-0.39, 0.29) is 6.03 Å². The van der Waals surface area contributed by atoms with Gasteiger partial charge >= 0.3 is 12.0 Å². The Balaban J connectivity index is 1.96. The van der Waals surface area contributed by atoms with Gasteiger partial charge in [0.25, 0.3) is 0 Å². The van der Waals surface area contributed by atoms with Gasteiger partial charge in [0.2, 0.25) is 0 Å². The molecule has 1 aliphatic heterocycles. The molecule has 2 amide bonds. The van der Waals surface area contributed by atoms with Crippen molar-refractivity contribution in [1.29, 1.82) is 0 Å². The maximum Gasteiger partial charge on any atom is 0.325 e. The Bertz CT molecular complexity index is 319. The van der Waals surface area contributed by atoms with Gasteiger partial charge in [-0.3, -0.25) is 4.79 Å². The lowest BCUT2D eigenvalue weighted by Gasteiger charge is -2.38. The van der Waals surface area contributed by atoms with Crippen molar-refractivity contribution in [2.75, 3.05) is 6.54 Å². The molecule has 5 nitrogen and oxygen atoms in total. The quantitative estimate of drug-likeness (QED) is 0.767. The summed E-state index contributed by atoms with van der Waals surface area (Å²) in [5.41, 5.74) is 0. The average Bonchev–Trinajstić information content (AvgIpc) is 2.76. The number of carboxylic acid groups (broad SMARTS) is 1. The second-order valence-corrected chi connectivity index (χ2v) is 5.10. The average molecular weight is 240 g/mol. The molecule has 3 atom stereocenters. The molecule has 1 saturated heterocycles. The summed E-state index contributed by atoms with van der Waals surface area (Å²) in [5.74, 6) is -0.354. The number of piperidine rings is 1. The number of carbonyl (C=O) groups is 2. The highest BCUT2D eigenvalue weighted by Gasteiger charge is 2.37. The predicted octanol–water partition coefficient (Wildman–Crippen LogP) is 1.43. The van der Waals surface area contributed by atoms with Crippen molar-refractivity contribution in [2.45, 2.75) is 51.1 Å². The minimum Gasteiger partial charge on any atom is -0.480 e. The van der Waals surface area contributed by atoms with E-state index in [2.05, 4.69) is 5.32 Å². The number of amides is 2. The third-order valence-corrected chi connectivity index (χ3v) is 3.96. The molecule has 0 aromatic rings. The highest BCUT2D eigenvalue weighted by molar-refractivity contribution is 5.82. The normalized spacial score (nSPS) is 29.6. The van der Waals surface area contributed by atoms with Crippen molar-refractivity contribution >= 4 is 12.0 Å². The molecule has 17 heavy (non-hydrogen) atoms. The van der Waals surface area contributed by atoms with E-state index in [1.807, 2.05) is 4.90 Å². The van der Waals surface area contributed by atoms with Crippen LogP contribution in [0.5, 0.6) is 0 Å². The fourth-order valence-electron chi connectivity index (χ4n) is 3.04. The van der Waals surface area contributed by atoms with Crippen molar-refractivity contribution < 1.29 is 14.7 Å². The first-order valence-electron chi connectivity index (χ1n) is 6.39. The van der Waals surface area contributed by atoms with Gasteiger partial charge in [-0.2, -0.15) is 0 Å². The lowest BCUT2D eigenvalue weighted by molar-refractivity contribution is -0.138. The second-order valence-electron chi connectivity index (χ2n) is 5.10. The van der Waals surface area contributed by atoms with Crippen LogP contribution in [-0.4, -0.2) is 40.6 Å². The van der Waals surface area contributed by atoms with Crippen LogP contribution in [0.1, 0.15) is 39.0 Å². The highest BCUT2D eigenvalue weighted by Crippen LogP contribution is 2.36. The predicted molar refractivity (Wildman–Crippen MR) is 62.7 cm³/mol. The molecule has 3 unspecified atom stereocenters. The molecule has 0 radical (unpaired) electrons. The molecule has 2 rings (SSSR count). The number of carboxylic acids is 1. The summed E-state index contributed by atoms with van der Waals surface area (Å²) in [6, 6.07) is -0.689. The van der Waals surface area contributed by atoms with Crippen LogP contribution < -0.4 is 5.32 Å². The molecular formula is C12H20N2O3. The van der Waals surface area contributed by atoms with E-state index >= 15 is 0 Å². The molecule has 96 valence electrons. The minimum absolute atomic E-state index is 0.212. The summed E-state index contributed by atoms with van der Waals surface area (Å²) in [6.07, 6.45) is 5.72. The monoisotopic (exact) mass is 240 g/mol. The summed E-state index contributed by atoms with van der Waals surface area (Å²) in [4.78, 5) is 24.6. The lowest BCUT2D eigenvalue weighted by Crippen LogP contribution is -2.53. The van der Waals surface area contributed by atoms with Crippen LogP contribution in [0.25, 0.3) is 0 Å². The number of nitrogens with zero attached hydrogens (tertiary/aromatic N) is 1. The van der Waals surface area contributed by atoms with Crippen molar-refractivity contribution in [3.05, 3.63) is 0 Å². The SMILES string of the molecule is CC(NC(=O)N1CCCC2CCCC21)C(=O)O. The van der Waals surface area contributed by atoms with Gasteiger partial charge in [0.05, 0.1) is 0 Å². The largest absolute Gasteiger partial charge is 0.480 e. The number of fused-ring (bicyclic) bond motifs is 1. The van der Waals surface area contributed by atoms with Gasteiger partial charge < -0.3 is 15.3 Å². The zero-order chi connectivity index (χ0) is 12.4. The first-order chi connectivity index (χ1) is 8.09. The van der Waals surface area contributed by atoms with Crippen molar-refractivity contribution in [3.63, 3.8) is 0 Å². The third kappa shape index (κ3) is 2.53. The molecule has 5 heteroatoms. The summed E-state index contributed by atoms with van der Waals surface area (Å²) in [5, 5.41) is 11.3. The molecule has 0 aromatic carbocycles. The van der Waals surface area contributed by atoms with Crippen molar-refractivity contribution in [3.8, 4) is 0 Å². The smallest absolute Gasteiger partial charge is 0.325 e. The zero-order valence-corrected chi connectivity index (χ0v) is 10.2. The third-order valence-electron chi connectivity index (χ3n) is 3.96. The molecule has 2 fully saturated rings. The molecule has 2 aliphatic rings. The second kappa shape index (κ2) is 4.94. The summed E-state index contributed by atoms with van der Waals surface area (Å²) in [7, 11) is 0. The van der Waals surface area contributed by atoms with Crippen LogP contribution in [0.3, 0.4) is 0 Å². The number of likely N-dealkylation sites (tertiary alicyclic amines) is 1. The fourth-order valence-corrected chi connectivity index (χ4v) is 3.04. The number of hydrogen-bond acceptors (Lipinski definition) is 2. The molecule has 1 heterocycles. The number of nitrogens with one attached hydrogen (secondary N) is 1. The van der Waals surface area contributed by atoms with E-state index in [1.165, 1.54) is 26.2 Å². The molecular weight excluding hydrogens is 220 g/mol. The van der Waals surface area contributed by atoms with Gasteiger partial charge in [-0.25, -0.2) is 4.79 Å². The fraction of sp³-hybridized carbons (Fsp3) is 0.833. The number of hydrogen-bond donors (Lipinski definition) is 2. The Labute approximate surface area is 101 Å². The molecule has 0 bridgehead atoms. The summed E-state index contributed by atoms with van der Waals surface area (Å²) in [6.45, 7) is 2.26. The topological polar surface area (TPSA) is 69.6 Å². The maximum atomic E-state index is 12.0. The van der Waals surface area contributed by atoms with Crippen LogP contribution in [0.4, 0.5) is 4.79 Å². The molecule has 0 aromatic heterocycles. The van der Waals surface area contributed by atoms with Gasteiger partial charge in [0.15, 0.2) is 0 Å². The Morgan fingerprint density at radius 2 is 2.00 bits per heavy atom. The standard InChI is InChI=1S/C12H20N2O3/c1-8(11(15)16)13-12(17)14-7-3-5-9-4-2-6-10(9)14/h8-10H,2-7H2,1H3,(H,13,17)(H,15,16). The van der Waals surface area contributed by atoms with Gasteiger partial charge in [0.1, 0.15) is 6.04 Å². The number of aliphatic carboxylic acids is 1. The van der Waals surface area contributed by atoms with E-state index in [1.54, 1.807) is 0 Å². The van der Waals surface area contributed by atoms with E-state index in [4.69, 9.17) is 5.11 Å². The number of rotatable bonds is 2. The van der Waals surface area contributed by atoms with Gasteiger partial charge in [0, 0.05) is 12.6 Å². The zero-order valence-electron chi connectivity index (χ0n) is 10.2. The lowest BCUT2D eigenvalue weighted by atomic mass is 9.92. The van der Waals surface area contributed by atoms with Crippen molar-refractivity contribution in [1.82, 2.24) is 10.2 Å². The molecule has 1 saturated carbocycles. The summed E-state index contributed by atoms with van der Waals surface area (Å²) < 4.78 is 0. The van der Waals surface area contributed by atoms with Gasteiger partial charge in [-0.1, -0.05) is 6.42 Å². The van der Waals surface area contributed by atoms with E-state index < -0.39 is 12.0 Å². The Kier molecular flexibility index (Phi) is 3.54. The van der Waals surface area contributed by atoms with Crippen LogP contribution >= 0.6 is 0 Å². The van der Waals surface area contributed by atoms with Crippen LogP contribution in [-0.2, 0) is 4.79 Å². The number of carbonyl (C=O) groups excluding carboxylic acids is 1. The molecule has 2 N–H and O–H groups in total. The van der Waals surface area contributed by atoms with E-state index in [0.29, 0.717) is 12.0 Å². The number of urea groups is 1.